The van der Waals surface area contributed by atoms with Gasteiger partial charge >= 0.3 is 0 Å². The molecule has 1 saturated heterocycles. The summed E-state index contributed by atoms with van der Waals surface area (Å²) in [6, 6.07) is 29.8. The van der Waals surface area contributed by atoms with E-state index in [0.717, 1.165) is 0 Å². The largest absolute Gasteiger partial charge is 0.507 e. The average molecular weight is 728 g/mol. The first-order valence-corrected chi connectivity index (χ1v) is 18.6. The second kappa shape index (κ2) is 15.7. The van der Waals surface area contributed by atoms with Gasteiger partial charge in [0.2, 0.25) is 10.0 Å². The molecular weight excluding hydrogens is 688 g/mol. The molecule has 6 rings (SSSR count). The Morgan fingerprint density at radius 2 is 1.44 bits per heavy atom. The predicted octanol–water partition coefficient (Wildman–Crippen LogP) is 6.95. The highest BCUT2D eigenvalue weighted by Crippen LogP contribution is 2.45. The van der Waals surface area contributed by atoms with Gasteiger partial charge in [-0.05, 0) is 103 Å². The molecule has 3 N–H and O–H groups in total. The van der Waals surface area contributed by atoms with Crippen molar-refractivity contribution in [2.75, 3.05) is 19.6 Å². The SMILES string of the molecule is C[C@H]1CNC[C@H](CCc2c(F)cccc2C(CCNC(=O)c2ccccc2O)(c2ccc(F)cc2)c2ccc(F)cc2)N1S(=O)(=O)c1ccccc1. The van der Waals surface area contributed by atoms with Gasteiger partial charge in [-0.15, -0.1) is 0 Å². The van der Waals surface area contributed by atoms with Crippen LogP contribution < -0.4 is 10.6 Å². The number of para-hydroxylation sites is 1. The first-order chi connectivity index (χ1) is 25.0. The maximum atomic E-state index is 16.3. The highest BCUT2D eigenvalue weighted by molar-refractivity contribution is 7.89. The van der Waals surface area contributed by atoms with Gasteiger partial charge in [-0.2, -0.15) is 4.31 Å². The molecule has 5 aromatic rings. The van der Waals surface area contributed by atoms with Crippen molar-refractivity contribution in [1.29, 1.82) is 0 Å². The quantitative estimate of drug-likeness (QED) is 0.121. The first-order valence-electron chi connectivity index (χ1n) is 17.2. The van der Waals surface area contributed by atoms with E-state index in [1.54, 1.807) is 78.9 Å². The minimum Gasteiger partial charge on any atom is -0.507 e. The summed E-state index contributed by atoms with van der Waals surface area (Å²) in [6.07, 6.45) is 0.539. The lowest BCUT2D eigenvalue weighted by atomic mass is 9.65. The van der Waals surface area contributed by atoms with Crippen molar-refractivity contribution in [3.05, 3.63) is 167 Å². The Kier molecular flexibility index (Phi) is 11.1. The molecule has 1 amide bonds. The fourth-order valence-corrected chi connectivity index (χ4v) is 9.26. The molecule has 11 heteroatoms. The van der Waals surface area contributed by atoms with Gasteiger partial charge in [-0.1, -0.05) is 66.7 Å². The molecule has 0 radical (unpaired) electrons. The third-order valence-electron chi connectivity index (χ3n) is 9.85. The number of halogens is 3. The zero-order chi connectivity index (χ0) is 36.9. The van der Waals surface area contributed by atoms with Gasteiger partial charge in [0.05, 0.1) is 10.5 Å². The second-order valence-electron chi connectivity index (χ2n) is 13.1. The zero-order valence-corrected chi connectivity index (χ0v) is 29.4. The summed E-state index contributed by atoms with van der Waals surface area (Å²) >= 11 is 0. The highest BCUT2D eigenvalue weighted by Gasteiger charge is 2.41. The third-order valence-corrected chi connectivity index (χ3v) is 11.9. The van der Waals surface area contributed by atoms with Crippen LogP contribution in [0.4, 0.5) is 13.2 Å². The van der Waals surface area contributed by atoms with Gasteiger partial charge in [0.1, 0.15) is 23.2 Å². The molecule has 0 aliphatic carbocycles. The Morgan fingerprint density at radius 1 is 0.827 bits per heavy atom. The number of rotatable bonds is 12. The van der Waals surface area contributed by atoms with E-state index >= 15 is 4.39 Å². The lowest BCUT2D eigenvalue weighted by Crippen LogP contribution is -2.58. The number of aromatic hydroxyl groups is 1. The number of carbonyl (C=O) groups excluding carboxylic acids is 1. The van der Waals surface area contributed by atoms with E-state index in [0.29, 0.717) is 35.3 Å². The normalized spacial score (nSPS) is 16.8. The summed E-state index contributed by atoms with van der Waals surface area (Å²) in [5, 5.41) is 16.5. The fraction of sp³-hybridized carbons (Fsp3) is 0.244. The van der Waals surface area contributed by atoms with Crippen molar-refractivity contribution in [3.8, 4) is 5.75 Å². The molecule has 2 atom stereocenters. The van der Waals surface area contributed by atoms with Crippen molar-refractivity contribution >= 4 is 15.9 Å². The van der Waals surface area contributed by atoms with Crippen LogP contribution in [0.2, 0.25) is 0 Å². The topological polar surface area (TPSA) is 98.7 Å². The van der Waals surface area contributed by atoms with Gasteiger partial charge < -0.3 is 15.7 Å². The van der Waals surface area contributed by atoms with Crippen molar-refractivity contribution in [3.63, 3.8) is 0 Å². The highest BCUT2D eigenvalue weighted by atomic mass is 32.2. The number of phenolic OH excluding ortho intramolecular Hbond substituents is 1. The summed E-state index contributed by atoms with van der Waals surface area (Å²) in [5.74, 6) is -2.20. The number of hydrogen-bond acceptors (Lipinski definition) is 5. The number of benzene rings is 5. The second-order valence-corrected chi connectivity index (χ2v) is 14.9. The molecule has 0 saturated carbocycles. The molecule has 1 fully saturated rings. The van der Waals surface area contributed by atoms with E-state index in [1.165, 1.54) is 46.8 Å². The predicted molar refractivity (Wildman–Crippen MR) is 194 cm³/mol. The summed E-state index contributed by atoms with van der Waals surface area (Å²) in [5.41, 5.74) is 0.818. The van der Waals surface area contributed by atoms with Gasteiger partial charge in [0, 0.05) is 37.1 Å². The standard InChI is InChI=1S/C41H40F3N3O4S/c1-28-26-45-27-33(47(28)52(50,51)34-8-3-2-4-9-34)22-23-35-37(11-7-12-38(35)44)41(29-14-18-31(42)19-15-29,30-16-20-32(43)21-17-30)24-25-46-40(49)36-10-5-6-13-39(36)48/h2-21,28,33,45,48H,22-27H2,1H3,(H,46,49)/t28-,33-/m0/s1. The van der Waals surface area contributed by atoms with Crippen LogP contribution in [0.15, 0.2) is 126 Å². The molecule has 270 valence electrons. The van der Waals surface area contributed by atoms with Crippen LogP contribution in [0.25, 0.3) is 0 Å². The maximum absolute atomic E-state index is 16.3. The minimum absolute atomic E-state index is 0.0328. The molecule has 1 heterocycles. The van der Waals surface area contributed by atoms with E-state index in [9.17, 15) is 27.1 Å². The van der Waals surface area contributed by atoms with E-state index in [2.05, 4.69) is 10.6 Å². The molecule has 0 spiro atoms. The lowest BCUT2D eigenvalue weighted by Gasteiger charge is -2.41. The van der Waals surface area contributed by atoms with Gasteiger partial charge in [0.15, 0.2) is 0 Å². The van der Waals surface area contributed by atoms with E-state index in [4.69, 9.17) is 0 Å². The Balaban J connectivity index is 1.43. The number of amides is 1. The molecule has 0 aromatic heterocycles. The Bertz CT molecular complexity index is 2070. The summed E-state index contributed by atoms with van der Waals surface area (Å²) in [7, 11) is -3.88. The number of carbonyl (C=O) groups is 1. The van der Waals surface area contributed by atoms with Crippen LogP contribution >= 0.6 is 0 Å². The van der Waals surface area contributed by atoms with Crippen LogP contribution in [0.1, 0.15) is 52.4 Å². The molecule has 1 aliphatic rings. The number of nitrogens with zero attached hydrogens (tertiary/aromatic N) is 1. The van der Waals surface area contributed by atoms with Crippen molar-refractivity contribution < 1.29 is 31.5 Å². The van der Waals surface area contributed by atoms with Gasteiger partial charge in [-0.25, -0.2) is 21.6 Å². The number of phenols is 1. The first kappa shape index (κ1) is 36.8. The zero-order valence-electron chi connectivity index (χ0n) is 28.6. The smallest absolute Gasteiger partial charge is 0.255 e. The van der Waals surface area contributed by atoms with Crippen molar-refractivity contribution in [2.45, 2.75) is 48.6 Å². The monoisotopic (exact) mass is 727 g/mol. The number of sulfonamides is 1. The Hall–Kier alpha value is -4.97. The Morgan fingerprint density at radius 3 is 2.08 bits per heavy atom. The molecule has 52 heavy (non-hydrogen) atoms. The summed E-state index contributed by atoms with van der Waals surface area (Å²) < 4.78 is 74.6. The Labute approximate surface area is 302 Å². The van der Waals surface area contributed by atoms with Crippen LogP contribution in [0.3, 0.4) is 0 Å². The molecule has 0 bridgehead atoms. The number of nitrogens with one attached hydrogen (secondary N) is 2. The van der Waals surface area contributed by atoms with Crippen LogP contribution in [-0.4, -0.2) is 55.5 Å². The molecule has 7 nitrogen and oxygen atoms in total. The fourth-order valence-electron chi connectivity index (χ4n) is 7.39. The third kappa shape index (κ3) is 7.48. The van der Waals surface area contributed by atoms with E-state index in [1.807, 2.05) is 6.92 Å². The van der Waals surface area contributed by atoms with Crippen LogP contribution in [-0.2, 0) is 21.9 Å². The molecule has 5 aromatic carbocycles. The molecule has 1 aliphatic heterocycles. The van der Waals surface area contributed by atoms with Crippen LogP contribution in [0.5, 0.6) is 5.75 Å². The molecular formula is C41H40F3N3O4S. The van der Waals surface area contributed by atoms with Gasteiger partial charge in [-0.3, -0.25) is 4.79 Å². The van der Waals surface area contributed by atoms with E-state index < -0.39 is 44.8 Å². The van der Waals surface area contributed by atoms with Crippen molar-refractivity contribution in [1.82, 2.24) is 14.9 Å². The molecule has 0 unspecified atom stereocenters. The van der Waals surface area contributed by atoms with E-state index in [-0.39, 0.29) is 48.1 Å². The summed E-state index contributed by atoms with van der Waals surface area (Å²) in [6.45, 7) is 2.69. The summed E-state index contributed by atoms with van der Waals surface area (Å²) in [4.78, 5) is 13.4. The maximum Gasteiger partial charge on any atom is 0.255 e. The number of hydrogen-bond donors (Lipinski definition) is 3. The lowest BCUT2D eigenvalue weighted by molar-refractivity contribution is 0.0949. The average Bonchev–Trinajstić information content (AvgIpc) is 3.14. The van der Waals surface area contributed by atoms with Crippen molar-refractivity contribution in [2.24, 2.45) is 0 Å². The minimum atomic E-state index is -3.88. The van der Waals surface area contributed by atoms with Gasteiger partial charge in [0.25, 0.3) is 5.91 Å². The number of piperazine rings is 1. The van der Waals surface area contributed by atoms with Crippen LogP contribution in [0, 0.1) is 17.5 Å².